The summed E-state index contributed by atoms with van der Waals surface area (Å²) < 4.78 is 11.3. The first-order chi connectivity index (χ1) is 31.8. The van der Waals surface area contributed by atoms with E-state index in [1.165, 1.54) is 64.4 Å². The molecule has 13 rings (SSSR count). The number of hydrogen-bond acceptors (Lipinski definition) is 1. The van der Waals surface area contributed by atoms with Crippen LogP contribution in [0.15, 0.2) is 247 Å². The molecule has 64 heavy (non-hydrogen) atoms. The molecular formula is C60H40N2OSi. The standard InChI is InChI=1S/C60H40N2OSi/c1-4-19-44(20-5-1)64(45-21-6-2-7-22-45,46-23-8-3-9-24-46)47-25-16-18-43(40-47)61-54-30-14-11-28-51(54)60-56(61)31-17-32-57(60)62-53-29-13-10-26-48(53)52-38-41(35-37-55(52)62)42-34-36-50-49-27-12-15-33-58(49)63-59(50)39-42/h1-40H. The fourth-order valence-electron chi connectivity index (χ4n) is 10.7. The number of hydrogen-bond donors (Lipinski definition) is 0. The number of rotatable bonds is 7. The number of benzene rings is 10. The molecule has 0 radical (unpaired) electrons. The summed E-state index contributed by atoms with van der Waals surface area (Å²) in [4.78, 5) is 0. The molecule has 0 saturated heterocycles. The maximum atomic E-state index is 6.32. The maximum Gasteiger partial charge on any atom is 0.179 e. The van der Waals surface area contributed by atoms with E-state index in [4.69, 9.17) is 4.42 Å². The van der Waals surface area contributed by atoms with E-state index in [1.807, 2.05) is 12.1 Å². The average Bonchev–Trinajstić information content (AvgIpc) is 4.03. The van der Waals surface area contributed by atoms with Gasteiger partial charge in [0.1, 0.15) is 11.2 Å². The Balaban J connectivity index is 1.03. The van der Waals surface area contributed by atoms with Crippen LogP contribution in [0.3, 0.4) is 0 Å². The lowest BCUT2D eigenvalue weighted by molar-refractivity contribution is 0.669. The molecule has 300 valence electrons. The predicted molar refractivity (Wildman–Crippen MR) is 271 cm³/mol. The Labute approximate surface area is 371 Å². The summed E-state index contributed by atoms with van der Waals surface area (Å²) in [6.45, 7) is 0. The van der Waals surface area contributed by atoms with Crippen molar-refractivity contribution in [3.8, 4) is 22.5 Å². The second-order valence-electron chi connectivity index (χ2n) is 16.8. The molecule has 0 aliphatic carbocycles. The van der Waals surface area contributed by atoms with E-state index in [-0.39, 0.29) is 0 Å². The smallest absolute Gasteiger partial charge is 0.179 e. The van der Waals surface area contributed by atoms with Crippen LogP contribution in [0.25, 0.3) is 88.1 Å². The highest BCUT2D eigenvalue weighted by molar-refractivity contribution is 7.19. The highest BCUT2D eigenvalue weighted by Gasteiger charge is 2.41. The van der Waals surface area contributed by atoms with Crippen molar-refractivity contribution >= 4 is 94.4 Å². The zero-order valence-electron chi connectivity index (χ0n) is 34.9. The van der Waals surface area contributed by atoms with Crippen LogP contribution in [0.4, 0.5) is 0 Å². The summed E-state index contributed by atoms with van der Waals surface area (Å²) in [5.74, 6) is 0. The van der Waals surface area contributed by atoms with E-state index in [0.29, 0.717) is 0 Å². The van der Waals surface area contributed by atoms with Crippen molar-refractivity contribution in [2.45, 2.75) is 0 Å². The lowest BCUT2D eigenvalue weighted by Crippen LogP contribution is -2.74. The monoisotopic (exact) mass is 832 g/mol. The van der Waals surface area contributed by atoms with Crippen LogP contribution in [-0.2, 0) is 0 Å². The van der Waals surface area contributed by atoms with Crippen LogP contribution < -0.4 is 20.7 Å². The van der Waals surface area contributed by atoms with Crippen LogP contribution in [0.2, 0.25) is 0 Å². The Morgan fingerprint density at radius 2 is 0.812 bits per heavy atom. The van der Waals surface area contributed by atoms with E-state index in [2.05, 4.69) is 240 Å². The van der Waals surface area contributed by atoms with Crippen LogP contribution >= 0.6 is 0 Å². The molecule has 0 unspecified atom stereocenters. The third-order valence-corrected chi connectivity index (χ3v) is 18.2. The van der Waals surface area contributed by atoms with E-state index >= 15 is 0 Å². The Kier molecular flexibility index (Phi) is 8.23. The number of fused-ring (bicyclic) bond motifs is 9. The summed E-state index contributed by atoms with van der Waals surface area (Å²) >= 11 is 0. The summed E-state index contributed by atoms with van der Waals surface area (Å²) in [6.07, 6.45) is 0. The van der Waals surface area contributed by atoms with Gasteiger partial charge in [0.15, 0.2) is 8.07 Å². The minimum Gasteiger partial charge on any atom is -0.456 e. The molecule has 0 aliphatic heterocycles. The molecule has 0 bridgehead atoms. The topological polar surface area (TPSA) is 23.0 Å². The molecule has 3 nitrogen and oxygen atoms in total. The van der Waals surface area contributed by atoms with Gasteiger partial charge in [-0.1, -0.05) is 176 Å². The number of aromatic nitrogens is 2. The number of para-hydroxylation sites is 3. The molecule has 10 aromatic carbocycles. The van der Waals surface area contributed by atoms with Crippen LogP contribution in [0, 0.1) is 0 Å². The Bertz CT molecular complexity index is 3800. The Morgan fingerprint density at radius 1 is 0.297 bits per heavy atom. The van der Waals surface area contributed by atoms with Crippen LogP contribution in [-0.4, -0.2) is 17.2 Å². The zero-order valence-corrected chi connectivity index (χ0v) is 35.9. The van der Waals surface area contributed by atoms with Crippen molar-refractivity contribution in [2.75, 3.05) is 0 Å². The molecule has 0 spiro atoms. The van der Waals surface area contributed by atoms with Crippen LogP contribution in [0.5, 0.6) is 0 Å². The van der Waals surface area contributed by atoms with Gasteiger partial charge in [-0.25, -0.2) is 0 Å². The van der Waals surface area contributed by atoms with Crippen molar-refractivity contribution in [1.29, 1.82) is 0 Å². The minimum atomic E-state index is -2.77. The first kappa shape index (κ1) is 36.5. The first-order valence-electron chi connectivity index (χ1n) is 22.0. The normalized spacial score (nSPS) is 12.1. The van der Waals surface area contributed by atoms with Crippen molar-refractivity contribution in [1.82, 2.24) is 9.13 Å². The van der Waals surface area contributed by atoms with Gasteiger partial charge in [0.25, 0.3) is 0 Å². The van der Waals surface area contributed by atoms with Gasteiger partial charge in [-0.15, -0.1) is 0 Å². The molecule has 4 heteroatoms. The maximum absolute atomic E-state index is 6.32. The second-order valence-corrected chi connectivity index (χ2v) is 20.6. The largest absolute Gasteiger partial charge is 0.456 e. The predicted octanol–water partition coefficient (Wildman–Crippen LogP) is 12.8. The molecule has 3 heterocycles. The van der Waals surface area contributed by atoms with Crippen LogP contribution in [0.1, 0.15) is 0 Å². The second kappa shape index (κ2) is 14.5. The van der Waals surface area contributed by atoms with Crippen molar-refractivity contribution in [3.05, 3.63) is 243 Å². The SMILES string of the molecule is c1ccc([Si](c2ccccc2)(c2ccccc2)c2cccc(-n3c4ccccc4c4c(-n5c6ccccc6c6cc(-c7ccc8c(c7)oc7ccccc78)ccc65)cccc43)c2)cc1. The van der Waals surface area contributed by atoms with Gasteiger partial charge in [0.2, 0.25) is 0 Å². The molecule has 13 aromatic rings. The van der Waals surface area contributed by atoms with E-state index in [0.717, 1.165) is 44.4 Å². The molecule has 0 N–H and O–H groups in total. The van der Waals surface area contributed by atoms with Gasteiger partial charge in [0.05, 0.1) is 27.8 Å². The van der Waals surface area contributed by atoms with Crippen molar-refractivity contribution in [2.24, 2.45) is 0 Å². The molecule has 3 aromatic heterocycles. The molecule has 0 atom stereocenters. The molecule has 0 aliphatic rings. The van der Waals surface area contributed by atoms with Gasteiger partial charge in [-0.2, -0.15) is 0 Å². The van der Waals surface area contributed by atoms with Gasteiger partial charge in [-0.3, -0.25) is 0 Å². The highest BCUT2D eigenvalue weighted by atomic mass is 28.3. The number of nitrogens with zero attached hydrogens (tertiary/aromatic N) is 2. The minimum absolute atomic E-state index is 0.906. The van der Waals surface area contributed by atoms with Gasteiger partial charge in [-0.05, 0) is 98.6 Å². The van der Waals surface area contributed by atoms with E-state index < -0.39 is 8.07 Å². The van der Waals surface area contributed by atoms with Crippen molar-refractivity contribution in [3.63, 3.8) is 0 Å². The fraction of sp³-hybridized carbons (Fsp3) is 0. The Hall–Kier alpha value is -8.18. The third-order valence-electron chi connectivity index (χ3n) is 13.5. The molecule has 0 saturated carbocycles. The summed E-state index contributed by atoms with van der Waals surface area (Å²) in [5, 5.41) is 12.6. The third kappa shape index (κ3) is 5.39. The van der Waals surface area contributed by atoms with E-state index in [1.54, 1.807) is 0 Å². The highest BCUT2D eigenvalue weighted by Crippen LogP contribution is 2.41. The quantitative estimate of drug-likeness (QED) is 0.116. The van der Waals surface area contributed by atoms with Gasteiger partial charge >= 0.3 is 0 Å². The molecular weight excluding hydrogens is 793 g/mol. The van der Waals surface area contributed by atoms with Crippen molar-refractivity contribution < 1.29 is 4.42 Å². The molecule has 0 amide bonds. The first-order valence-corrected chi connectivity index (χ1v) is 24.0. The van der Waals surface area contributed by atoms with Gasteiger partial charge in [0, 0.05) is 38.0 Å². The Morgan fingerprint density at radius 3 is 1.53 bits per heavy atom. The van der Waals surface area contributed by atoms with E-state index in [9.17, 15) is 0 Å². The van der Waals surface area contributed by atoms with Gasteiger partial charge < -0.3 is 13.6 Å². The lowest BCUT2D eigenvalue weighted by Gasteiger charge is -2.34. The average molecular weight is 833 g/mol. The lowest BCUT2D eigenvalue weighted by atomic mass is 10.0. The summed E-state index contributed by atoms with van der Waals surface area (Å²) in [6, 6.07) is 89.3. The molecule has 0 fully saturated rings. The zero-order chi connectivity index (χ0) is 42.2. The summed E-state index contributed by atoms with van der Waals surface area (Å²) in [5.41, 5.74) is 11.1. The summed E-state index contributed by atoms with van der Waals surface area (Å²) in [7, 11) is -2.77. The fourth-order valence-corrected chi connectivity index (χ4v) is 15.5. The number of furan rings is 1.